The van der Waals surface area contributed by atoms with Crippen LogP contribution in [0.1, 0.15) is 19.3 Å². The molecule has 1 fully saturated rings. The van der Waals surface area contributed by atoms with Crippen LogP contribution in [0.15, 0.2) is 0 Å². The van der Waals surface area contributed by atoms with Gasteiger partial charge in [0.2, 0.25) is 0 Å². The lowest BCUT2D eigenvalue weighted by molar-refractivity contribution is -0.143. The van der Waals surface area contributed by atoms with E-state index in [2.05, 4.69) is 4.84 Å². The molecule has 0 aromatic rings. The molecule has 0 spiro atoms. The molecule has 13 heavy (non-hydrogen) atoms. The predicted octanol–water partition coefficient (Wildman–Crippen LogP) is -0.0642. The number of unbranched alkanes of at least 4 members (excludes halogenated alkanes) is 1. The van der Waals surface area contributed by atoms with E-state index in [-0.39, 0.29) is 0 Å². The van der Waals surface area contributed by atoms with Crippen LogP contribution in [0, 0.1) is 0 Å². The molecule has 0 radical (unpaired) electrons. The van der Waals surface area contributed by atoms with Crippen LogP contribution >= 0.6 is 0 Å². The molecule has 0 bridgehead atoms. The Kier molecular flexibility index (Phi) is 3.07. The number of nitrogens with zero attached hydrogens (tertiary/aromatic N) is 1. The molecule has 1 rings (SSSR count). The van der Waals surface area contributed by atoms with Crippen molar-refractivity contribution in [2.24, 2.45) is 5.73 Å². The Bertz CT molecular complexity index is 219. The Morgan fingerprint density at radius 3 is 2.62 bits per heavy atom. The number of nitrogens with two attached hydrogens (primary N) is 1. The first-order chi connectivity index (χ1) is 6.16. The molecular weight excluding hydrogens is 176 g/mol. The summed E-state index contributed by atoms with van der Waals surface area (Å²) in [5.41, 5.74) is 5.25. The number of hydroxylamine groups is 2. The fourth-order valence-corrected chi connectivity index (χ4v) is 1.08. The van der Waals surface area contributed by atoms with E-state index in [0.29, 0.717) is 19.4 Å². The molecule has 0 aromatic carbocycles. The second-order valence-electron chi connectivity index (χ2n) is 2.82. The number of carbonyl (C=O) groups is 2. The fraction of sp³-hybridized carbons (Fsp3) is 0.714. The van der Waals surface area contributed by atoms with E-state index in [1.807, 2.05) is 0 Å². The van der Waals surface area contributed by atoms with E-state index in [4.69, 9.17) is 10.8 Å². The second-order valence-corrected chi connectivity index (χ2v) is 2.82. The first-order valence-electron chi connectivity index (χ1n) is 4.11. The Hall–Kier alpha value is -1.30. The van der Waals surface area contributed by atoms with Crippen molar-refractivity contribution >= 4 is 12.1 Å². The van der Waals surface area contributed by atoms with Gasteiger partial charge >= 0.3 is 12.1 Å². The van der Waals surface area contributed by atoms with Gasteiger partial charge in [-0.3, -0.25) is 0 Å². The molecule has 6 nitrogen and oxygen atoms in total. The van der Waals surface area contributed by atoms with Crippen molar-refractivity contribution in [1.29, 1.82) is 0 Å². The van der Waals surface area contributed by atoms with Gasteiger partial charge in [0.25, 0.3) is 0 Å². The highest BCUT2D eigenvalue weighted by Gasteiger charge is 2.45. The second kappa shape index (κ2) is 4.08. The standard InChI is InChI=1S/C7H12N2O4/c8-4-2-1-3-5(6(10)11)9-7(12)13-9/h5H,1-4,8H2,(H,10,11)/t5-,9?/m0/s1. The summed E-state index contributed by atoms with van der Waals surface area (Å²) in [6, 6.07) is -0.848. The first-order valence-corrected chi connectivity index (χ1v) is 4.11. The van der Waals surface area contributed by atoms with Crippen LogP contribution in [0.5, 0.6) is 0 Å². The van der Waals surface area contributed by atoms with Gasteiger partial charge in [-0.05, 0) is 25.8 Å². The van der Waals surface area contributed by atoms with Gasteiger partial charge in [0.15, 0.2) is 6.04 Å². The molecule has 0 unspecified atom stereocenters. The molecule has 6 heteroatoms. The summed E-state index contributed by atoms with van der Waals surface area (Å²) in [4.78, 5) is 25.4. The summed E-state index contributed by atoms with van der Waals surface area (Å²) in [6.07, 6.45) is 1.25. The van der Waals surface area contributed by atoms with E-state index in [1.165, 1.54) is 0 Å². The zero-order valence-electron chi connectivity index (χ0n) is 7.10. The highest BCUT2D eigenvalue weighted by atomic mass is 16.9. The van der Waals surface area contributed by atoms with Crippen molar-refractivity contribution < 1.29 is 19.5 Å². The lowest BCUT2D eigenvalue weighted by Gasteiger charge is -2.07. The Balaban J connectivity index is 2.31. The maximum absolute atomic E-state index is 10.6. The van der Waals surface area contributed by atoms with Gasteiger partial charge in [-0.15, -0.1) is 5.06 Å². The van der Waals surface area contributed by atoms with Crippen LogP contribution in [-0.2, 0) is 9.63 Å². The van der Waals surface area contributed by atoms with Crippen molar-refractivity contribution in [3.63, 3.8) is 0 Å². The molecule has 1 heterocycles. The topological polar surface area (TPSA) is 95.9 Å². The van der Waals surface area contributed by atoms with Gasteiger partial charge in [-0.25, -0.2) is 9.59 Å². The predicted molar refractivity (Wildman–Crippen MR) is 42.6 cm³/mol. The Morgan fingerprint density at radius 2 is 2.23 bits per heavy atom. The van der Waals surface area contributed by atoms with E-state index in [0.717, 1.165) is 11.5 Å². The highest BCUT2D eigenvalue weighted by Crippen LogP contribution is 2.20. The largest absolute Gasteiger partial charge is 0.480 e. The van der Waals surface area contributed by atoms with Gasteiger partial charge in [0.05, 0.1) is 0 Å². The molecule has 0 aliphatic carbocycles. The quantitative estimate of drug-likeness (QED) is 0.449. The SMILES string of the molecule is NCCCC[C@@H](C(=O)O)N1OC1=O. The number of carboxylic acid groups (broad SMARTS) is 1. The third kappa shape index (κ3) is 2.59. The number of hydrogen-bond donors (Lipinski definition) is 2. The Labute approximate surface area is 75.2 Å². The van der Waals surface area contributed by atoms with E-state index in [1.54, 1.807) is 0 Å². The van der Waals surface area contributed by atoms with Crippen LogP contribution in [-0.4, -0.2) is 34.8 Å². The molecule has 1 aliphatic heterocycles. The molecule has 1 aliphatic rings. The van der Waals surface area contributed by atoms with E-state index >= 15 is 0 Å². The monoisotopic (exact) mass is 188 g/mol. The zero-order chi connectivity index (χ0) is 9.84. The summed E-state index contributed by atoms with van der Waals surface area (Å²) < 4.78 is 0. The van der Waals surface area contributed by atoms with Crippen LogP contribution in [0.2, 0.25) is 0 Å². The van der Waals surface area contributed by atoms with Gasteiger partial charge in [-0.2, -0.15) is 0 Å². The molecule has 74 valence electrons. The van der Waals surface area contributed by atoms with Crippen molar-refractivity contribution in [2.45, 2.75) is 25.3 Å². The molecule has 0 saturated carbocycles. The van der Waals surface area contributed by atoms with Crippen molar-refractivity contribution in [1.82, 2.24) is 5.06 Å². The zero-order valence-corrected chi connectivity index (χ0v) is 7.10. The smallest absolute Gasteiger partial charge is 0.468 e. The summed E-state index contributed by atoms with van der Waals surface area (Å²) >= 11 is 0. The third-order valence-corrected chi connectivity index (χ3v) is 1.82. The number of amides is 1. The van der Waals surface area contributed by atoms with Crippen LogP contribution < -0.4 is 5.73 Å². The molecular formula is C7H12N2O4. The lowest BCUT2D eigenvalue weighted by atomic mass is 10.1. The van der Waals surface area contributed by atoms with Crippen molar-refractivity contribution in [3.8, 4) is 0 Å². The Morgan fingerprint density at radius 1 is 1.62 bits per heavy atom. The third-order valence-electron chi connectivity index (χ3n) is 1.82. The summed E-state index contributed by atoms with van der Waals surface area (Å²) in [5.74, 6) is -1.04. The van der Waals surface area contributed by atoms with Crippen LogP contribution in [0.25, 0.3) is 0 Å². The van der Waals surface area contributed by atoms with Crippen LogP contribution in [0.4, 0.5) is 4.79 Å². The molecule has 1 amide bonds. The summed E-state index contributed by atoms with van der Waals surface area (Å²) in [5, 5.41) is 9.57. The number of carbonyl (C=O) groups excluding carboxylic acids is 1. The fourth-order valence-electron chi connectivity index (χ4n) is 1.08. The normalized spacial score (nSPS) is 16.7. The molecule has 1 saturated heterocycles. The number of carboxylic acids is 1. The average molecular weight is 188 g/mol. The maximum atomic E-state index is 10.6. The highest BCUT2D eigenvalue weighted by molar-refractivity contribution is 5.84. The van der Waals surface area contributed by atoms with Crippen molar-refractivity contribution in [2.75, 3.05) is 6.54 Å². The minimum Gasteiger partial charge on any atom is -0.480 e. The lowest BCUT2D eigenvalue weighted by Crippen LogP contribution is -2.29. The van der Waals surface area contributed by atoms with Gasteiger partial charge in [0.1, 0.15) is 0 Å². The minimum absolute atomic E-state index is 0.387. The summed E-state index contributed by atoms with van der Waals surface area (Å²) in [6.45, 7) is 0.529. The van der Waals surface area contributed by atoms with Gasteiger partial charge in [-0.1, -0.05) is 0 Å². The van der Waals surface area contributed by atoms with Crippen LogP contribution in [0.3, 0.4) is 0 Å². The number of hydrogen-bond acceptors (Lipinski definition) is 4. The maximum Gasteiger partial charge on any atom is 0.468 e. The van der Waals surface area contributed by atoms with E-state index in [9.17, 15) is 9.59 Å². The molecule has 0 aromatic heterocycles. The van der Waals surface area contributed by atoms with Crippen molar-refractivity contribution in [3.05, 3.63) is 0 Å². The summed E-state index contributed by atoms with van der Waals surface area (Å²) in [7, 11) is 0. The van der Waals surface area contributed by atoms with E-state index < -0.39 is 18.1 Å². The number of aliphatic carboxylic acids is 1. The van der Waals surface area contributed by atoms with Gasteiger partial charge in [0, 0.05) is 0 Å². The minimum atomic E-state index is -1.04. The first kappa shape index (κ1) is 9.79. The molecule has 3 N–H and O–H groups in total. The molecule has 1 atom stereocenters. The van der Waals surface area contributed by atoms with Gasteiger partial charge < -0.3 is 15.7 Å². The number of rotatable bonds is 6. The average Bonchev–Trinajstić information content (AvgIpc) is 2.76.